The van der Waals surface area contributed by atoms with Crippen molar-refractivity contribution in [2.24, 2.45) is 0 Å². The van der Waals surface area contributed by atoms with Gasteiger partial charge in [0.2, 0.25) is 5.91 Å². The predicted molar refractivity (Wildman–Crippen MR) is 76.3 cm³/mol. The van der Waals surface area contributed by atoms with E-state index in [0.29, 0.717) is 6.54 Å². The summed E-state index contributed by atoms with van der Waals surface area (Å²) in [5, 5.41) is 6.77. The van der Waals surface area contributed by atoms with Crippen molar-refractivity contribution in [1.82, 2.24) is 16.0 Å². The van der Waals surface area contributed by atoms with Gasteiger partial charge in [-0.25, -0.2) is 18.4 Å². The molecule has 0 unspecified atom stereocenters. The standard InChI is InChI=1S/C14H17F2N3O4/c1-3-17-14(22)19-11(20)7-18-12(13(21)23-2)9-6-8(15)4-5-10(9)16/h4-6,12,18H,3,7H2,1-2H3,(H2,17,19,20,22)/t12-/m1/s1. The summed E-state index contributed by atoms with van der Waals surface area (Å²) >= 11 is 0. The predicted octanol–water partition coefficient (Wildman–Crippen LogP) is 0.614. The number of hydrogen-bond donors (Lipinski definition) is 3. The molecule has 0 aliphatic carbocycles. The zero-order chi connectivity index (χ0) is 17.4. The molecule has 0 radical (unpaired) electrons. The molecule has 1 aromatic rings. The van der Waals surface area contributed by atoms with Crippen molar-refractivity contribution in [3.8, 4) is 0 Å². The van der Waals surface area contributed by atoms with E-state index in [9.17, 15) is 23.2 Å². The van der Waals surface area contributed by atoms with Crippen LogP contribution < -0.4 is 16.0 Å². The molecule has 9 heteroatoms. The van der Waals surface area contributed by atoms with Crippen LogP contribution in [0.4, 0.5) is 13.6 Å². The van der Waals surface area contributed by atoms with Gasteiger partial charge in [-0.1, -0.05) is 0 Å². The highest BCUT2D eigenvalue weighted by Crippen LogP contribution is 2.19. The van der Waals surface area contributed by atoms with Crippen molar-refractivity contribution in [2.75, 3.05) is 20.2 Å². The maximum atomic E-state index is 13.8. The minimum Gasteiger partial charge on any atom is -0.468 e. The van der Waals surface area contributed by atoms with Gasteiger partial charge in [0.25, 0.3) is 0 Å². The number of benzene rings is 1. The van der Waals surface area contributed by atoms with Gasteiger partial charge >= 0.3 is 12.0 Å². The molecule has 0 spiro atoms. The molecular formula is C14H17F2N3O4. The minimum atomic E-state index is -1.39. The fourth-order valence-corrected chi connectivity index (χ4v) is 1.74. The molecule has 23 heavy (non-hydrogen) atoms. The van der Waals surface area contributed by atoms with Gasteiger partial charge in [-0.05, 0) is 25.1 Å². The van der Waals surface area contributed by atoms with Crippen molar-refractivity contribution >= 4 is 17.9 Å². The summed E-state index contributed by atoms with van der Waals surface area (Å²) in [4.78, 5) is 34.5. The normalized spacial score (nSPS) is 11.5. The molecule has 1 aromatic carbocycles. The monoisotopic (exact) mass is 329 g/mol. The van der Waals surface area contributed by atoms with E-state index >= 15 is 0 Å². The molecule has 0 saturated heterocycles. The average molecular weight is 329 g/mol. The molecule has 1 atom stereocenters. The first-order valence-electron chi connectivity index (χ1n) is 6.72. The molecule has 0 aliphatic rings. The molecule has 0 saturated carbocycles. The largest absolute Gasteiger partial charge is 0.468 e. The molecule has 0 bridgehead atoms. The molecule has 3 amide bonds. The molecule has 126 valence electrons. The fourth-order valence-electron chi connectivity index (χ4n) is 1.74. The van der Waals surface area contributed by atoms with Gasteiger partial charge in [-0.3, -0.25) is 15.4 Å². The van der Waals surface area contributed by atoms with Crippen LogP contribution in [-0.2, 0) is 14.3 Å². The number of halogens is 2. The molecular weight excluding hydrogens is 312 g/mol. The Morgan fingerprint density at radius 3 is 2.57 bits per heavy atom. The maximum absolute atomic E-state index is 13.8. The first-order chi connectivity index (χ1) is 10.9. The highest BCUT2D eigenvalue weighted by Gasteiger charge is 2.25. The van der Waals surface area contributed by atoms with Gasteiger partial charge in [0.15, 0.2) is 0 Å². The lowest BCUT2D eigenvalue weighted by Crippen LogP contribution is -2.45. The van der Waals surface area contributed by atoms with E-state index in [1.54, 1.807) is 6.92 Å². The average Bonchev–Trinajstić information content (AvgIpc) is 2.50. The Kier molecular flexibility index (Phi) is 7.07. The van der Waals surface area contributed by atoms with E-state index < -0.39 is 42.1 Å². The third-order valence-electron chi connectivity index (χ3n) is 2.76. The third-order valence-corrected chi connectivity index (χ3v) is 2.76. The van der Waals surface area contributed by atoms with E-state index in [1.807, 2.05) is 5.32 Å². The fraction of sp³-hybridized carbons (Fsp3) is 0.357. The number of esters is 1. The smallest absolute Gasteiger partial charge is 0.327 e. The van der Waals surface area contributed by atoms with Crippen LogP contribution in [0.2, 0.25) is 0 Å². The van der Waals surface area contributed by atoms with Gasteiger partial charge in [0.1, 0.15) is 17.7 Å². The van der Waals surface area contributed by atoms with Crippen LogP contribution >= 0.6 is 0 Å². The van der Waals surface area contributed by atoms with E-state index in [1.165, 1.54) is 0 Å². The molecule has 3 N–H and O–H groups in total. The lowest BCUT2D eigenvalue weighted by molar-refractivity contribution is -0.143. The number of nitrogens with one attached hydrogen (secondary N) is 3. The Morgan fingerprint density at radius 2 is 1.96 bits per heavy atom. The molecule has 7 nitrogen and oxygen atoms in total. The quantitative estimate of drug-likeness (QED) is 0.665. The van der Waals surface area contributed by atoms with E-state index in [-0.39, 0.29) is 5.56 Å². The van der Waals surface area contributed by atoms with E-state index in [4.69, 9.17) is 0 Å². The lowest BCUT2D eigenvalue weighted by atomic mass is 10.1. The minimum absolute atomic E-state index is 0.303. The molecule has 0 fully saturated rings. The second kappa shape index (κ2) is 8.79. The van der Waals surface area contributed by atoms with Crippen LogP contribution in [0.3, 0.4) is 0 Å². The summed E-state index contributed by atoms with van der Waals surface area (Å²) in [6, 6.07) is 0.485. The summed E-state index contributed by atoms with van der Waals surface area (Å²) in [6.07, 6.45) is 0. The molecule has 0 heterocycles. The van der Waals surface area contributed by atoms with Gasteiger partial charge in [-0.2, -0.15) is 0 Å². The molecule has 1 rings (SSSR count). The highest BCUT2D eigenvalue weighted by molar-refractivity contribution is 5.95. The van der Waals surface area contributed by atoms with Crippen LogP contribution in [0.25, 0.3) is 0 Å². The number of hydrogen-bond acceptors (Lipinski definition) is 5. The Bertz CT molecular complexity index is 595. The zero-order valence-electron chi connectivity index (χ0n) is 12.6. The molecule has 0 aromatic heterocycles. The lowest BCUT2D eigenvalue weighted by Gasteiger charge is -2.17. The van der Waals surface area contributed by atoms with E-state index in [0.717, 1.165) is 25.3 Å². The number of rotatable bonds is 6. The Labute approximate surface area is 131 Å². The van der Waals surface area contributed by atoms with Crippen molar-refractivity contribution in [2.45, 2.75) is 13.0 Å². The summed E-state index contributed by atoms with van der Waals surface area (Å²) < 4.78 is 31.5. The van der Waals surface area contributed by atoms with Crippen molar-refractivity contribution in [3.05, 3.63) is 35.4 Å². The second-order valence-corrected chi connectivity index (χ2v) is 4.41. The highest BCUT2D eigenvalue weighted by atomic mass is 19.1. The number of urea groups is 1. The first kappa shape index (κ1) is 18.5. The van der Waals surface area contributed by atoms with Crippen molar-refractivity contribution in [3.63, 3.8) is 0 Å². The number of methoxy groups -OCH3 is 1. The zero-order valence-corrected chi connectivity index (χ0v) is 12.6. The van der Waals surface area contributed by atoms with Crippen molar-refractivity contribution in [1.29, 1.82) is 0 Å². The number of amides is 3. The number of ether oxygens (including phenoxy) is 1. The molecule has 0 aliphatic heterocycles. The Balaban J connectivity index is 2.80. The van der Waals surface area contributed by atoms with Crippen LogP contribution in [0.15, 0.2) is 18.2 Å². The van der Waals surface area contributed by atoms with Gasteiger partial charge < -0.3 is 10.1 Å². The van der Waals surface area contributed by atoms with Crippen LogP contribution in [0.5, 0.6) is 0 Å². The first-order valence-corrected chi connectivity index (χ1v) is 6.72. The summed E-state index contributed by atoms with van der Waals surface area (Å²) in [5.74, 6) is -3.23. The van der Waals surface area contributed by atoms with Gasteiger partial charge in [0.05, 0.1) is 13.7 Å². The van der Waals surface area contributed by atoms with Crippen LogP contribution in [-0.4, -0.2) is 38.1 Å². The SMILES string of the molecule is CCNC(=O)NC(=O)CN[C@@H](C(=O)OC)c1cc(F)ccc1F. The number of carbonyl (C=O) groups excluding carboxylic acids is 3. The Morgan fingerprint density at radius 1 is 1.26 bits per heavy atom. The number of imide groups is 1. The van der Waals surface area contributed by atoms with Gasteiger partial charge in [-0.15, -0.1) is 0 Å². The number of carbonyl (C=O) groups is 3. The van der Waals surface area contributed by atoms with E-state index in [2.05, 4.69) is 15.4 Å². The third kappa shape index (κ3) is 5.62. The van der Waals surface area contributed by atoms with Crippen LogP contribution in [0, 0.1) is 11.6 Å². The van der Waals surface area contributed by atoms with Gasteiger partial charge in [0, 0.05) is 12.1 Å². The summed E-state index contributed by atoms with van der Waals surface area (Å²) in [6.45, 7) is 1.51. The maximum Gasteiger partial charge on any atom is 0.327 e. The van der Waals surface area contributed by atoms with Crippen LogP contribution in [0.1, 0.15) is 18.5 Å². The second-order valence-electron chi connectivity index (χ2n) is 4.41. The topological polar surface area (TPSA) is 96.5 Å². The Hall–Kier alpha value is -2.55. The summed E-state index contributed by atoms with van der Waals surface area (Å²) in [7, 11) is 1.07. The summed E-state index contributed by atoms with van der Waals surface area (Å²) in [5.41, 5.74) is -0.303. The van der Waals surface area contributed by atoms with Crippen molar-refractivity contribution < 1.29 is 27.9 Å².